The number of likely N-dealkylation sites (N-methyl/N-ethyl adjacent to an activating group) is 1. The molecule has 0 bridgehead atoms. The van der Waals surface area contributed by atoms with Gasteiger partial charge >= 0.3 is 0 Å². The molecule has 7 heteroatoms. The van der Waals surface area contributed by atoms with Gasteiger partial charge in [0, 0.05) is 20.2 Å². The van der Waals surface area contributed by atoms with Gasteiger partial charge in [0.25, 0.3) is 10.0 Å². The summed E-state index contributed by atoms with van der Waals surface area (Å²) in [5, 5.41) is -0.0663. The van der Waals surface area contributed by atoms with Gasteiger partial charge in [0.2, 0.25) is 5.09 Å². The SMILES string of the molecule is CN(CC1CCCO1)S(=O)(=O)c1ccc(CN)o1. The van der Waals surface area contributed by atoms with Crippen molar-refractivity contribution in [2.75, 3.05) is 20.2 Å². The Morgan fingerprint density at radius 1 is 1.50 bits per heavy atom. The summed E-state index contributed by atoms with van der Waals surface area (Å²) in [6.45, 7) is 1.24. The number of nitrogens with zero attached hydrogens (tertiary/aromatic N) is 1. The molecule has 1 unspecified atom stereocenters. The average Bonchev–Trinajstić information content (AvgIpc) is 2.99. The van der Waals surface area contributed by atoms with Crippen molar-refractivity contribution >= 4 is 10.0 Å². The molecule has 1 aromatic heterocycles. The van der Waals surface area contributed by atoms with Crippen LogP contribution in [0.3, 0.4) is 0 Å². The van der Waals surface area contributed by atoms with E-state index in [0.717, 1.165) is 12.8 Å². The second kappa shape index (κ2) is 5.40. The van der Waals surface area contributed by atoms with Gasteiger partial charge in [-0.25, -0.2) is 8.42 Å². The molecule has 1 aromatic rings. The number of sulfonamides is 1. The van der Waals surface area contributed by atoms with Crippen LogP contribution in [-0.2, 0) is 21.3 Å². The van der Waals surface area contributed by atoms with Crippen molar-refractivity contribution in [1.29, 1.82) is 0 Å². The van der Waals surface area contributed by atoms with E-state index in [1.54, 1.807) is 6.07 Å². The number of hydrogen-bond acceptors (Lipinski definition) is 5. The molecule has 0 radical (unpaired) electrons. The van der Waals surface area contributed by atoms with Gasteiger partial charge in [0.1, 0.15) is 5.76 Å². The smallest absolute Gasteiger partial charge is 0.276 e. The standard InChI is InChI=1S/C11H18N2O4S/c1-13(8-10-3-2-6-16-10)18(14,15)11-5-4-9(7-12)17-11/h4-5,10H,2-3,6-8,12H2,1H3. The lowest BCUT2D eigenvalue weighted by molar-refractivity contribution is 0.0976. The molecule has 0 saturated carbocycles. The highest BCUT2D eigenvalue weighted by Gasteiger charge is 2.28. The highest BCUT2D eigenvalue weighted by atomic mass is 32.2. The first-order valence-electron chi connectivity index (χ1n) is 5.91. The average molecular weight is 274 g/mol. The van der Waals surface area contributed by atoms with Gasteiger partial charge < -0.3 is 14.9 Å². The lowest BCUT2D eigenvalue weighted by Crippen LogP contribution is -2.33. The lowest BCUT2D eigenvalue weighted by atomic mass is 10.2. The van der Waals surface area contributed by atoms with Gasteiger partial charge in [-0.15, -0.1) is 0 Å². The quantitative estimate of drug-likeness (QED) is 0.847. The van der Waals surface area contributed by atoms with E-state index in [1.807, 2.05) is 0 Å². The Labute approximate surface area is 107 Å². The molecule has 2 rings (SSSR count). The maximum absolute atomic E-state index is 12.2. The molecule has 1 fully saturated rings. The van der Waals surface area contributed by atoms with E-state index in [-0.39, 0.29) is 17.7 Å². The van der Waals surface area contributed by atoms with E-state index in [1.165, 1.54) is 17.4 Å². The van der Waals surface area contributed by atoms with Crippen molar-refractivity contribution in [2.45, 2.75) is 30.6 Å². The number of ether oxygens (including phenoxy) is 1. The largest absolute Gasteiger partial charge is 0.447 e. The summed E-state index contributed by atoms with van der Waals surface area (Å²) < 4.78 is 36.2. The third-order valence-corrected chi connectivity index (χ3v) is 4.69. The van der Waals surface area contributed by atoms with E-state index in [4.69, 9.17) is 14.9 Å². The van der Waals surface area contributed by atoms with Crippen molar-refractivity contribution in [3.05, 3.63) is 17.9 Å². The minimum atomic E-state index is -3.58. The number of nitrogens with two attached hydrogens (primary N) is 1. The third kappa shape index (κ3) is 2.74. The Balaban J connectivity index is 2.09. The van der Waals surface area contributed by atoms with Gasteiger partial charge in [-0.2, -0.15) is 4.31 Å². The van der Waals surface area contributed by atoms with Crippen LogP contribution in [0.25, 0.3) is 0 Å². The molecule has 2 N–H and O–H groups in total. The van der Waals surface area contributed by atoms with Crippen molar-refractivity contribution < 1.29 is 17.6 Å². The third-order valence-electron chi connectivity index (χ3n) is 2.99. The Morgan fingerprint density at radius 3 is 2.83 bits per heavy atom. The Hall–Kier alpha value is -0.890. The van der Waals surface area contributed by atoms with Crippen LogP contribution >= 0.6 is 0 Å². The second-order valence-electron chi connectivity index (χ2n) is 4.35. The summed E-state index contributed by atoms with van der Waals surface area (Å²) in [5.74, 6) is 0.457. The zero-order valence-electron chi connectivity index (χ0n) is 10.3. The van der Waals surface area contributed by atoms with Crippen molar-refractivity contribution in [3.63, 3.8) is 0 Å². The first-order chi connectivity index (χ1) is 8.54. The van der Waals surface area contributed by atoms with Crippen LogP contribution in [-0.4, -0.2) is 39.0 Å². The predicted octanol–water partition coefficient (Wildman–Crippen LogP) is 0.538. The molecule has 2 heterocycles. The molecule has 0 aliphatic carbocycles. The molecule has 1 aliphatic heterocycles. The topological polar surface area (TPSA) is 85.8 Å². The van der Waals surface area contributed by atoms with Crippen LogP contribution in [0.1, 0.15) is 18.6 Å². The predicted molar refractivity (Wildman–Crippen MR) is 65.4 cm³/mol. The van der Waals surface area contributed by atoms with Crippen molar-refractivity contribution in [1.82, 2.24) is 4.31 Å². The fraction of sp³-hybridized carbons (Fsp3) is 0.636. The first-order valence-corrected chi connectivity index (χ1v) is 7.35. The monoisotopic (exact) mass is 274 g/mol. The van der Waals surface area contributed by atoms with Gasteiger partial charge in [0.05, 0.1) is 12.6 Å². The Kier molecular flexibility index (Phi) is 4.06. The van der Waals surface area contributed by atoms with Crippen LogP contribution in [0.2, 0.25) is 0 Å². The van der Waals surface area contributed by atoms with Crippen molar-refractivity contribution in [2.24, 2.45) is 5.73 Å². The fourth-order valence-electron chi connectivity index (χ4n) is 1.93. The van der Waals surface area contributed by atoms with Gasteiger partial charge in [-0.05, 0) is 25.0 Å². The molecule has 6 nitrogen and oxygen atoms in total. The molecule has 102 valence electrons. The zero-order valence-corrected chi connectivity index (χ0v) is 11.1. The van der Waals surface area contributed by atoms with E-state index in [9.17, 15) is 8.42 Å². The van der Waals surface area contributed by atoms with E-state index in [2.05, 4.69) is 0 Å². The fourth-order valence-corrected chi connectivity index (χ4v) is 3.06. The minimum absolute atomic E-state index is 0.0197. The van der Waals surface area contributed by atoms with E-state index >= 15 is 0 Å². The summed E-state index contributed by atoms with van der Waals surface area (Å²) in [5.41, 5.74) is 5.39. The Bertz CT molecular complexity index is 491. The van der Waals surface area contributed by atoms with E-state index < -0.39 is 10.0 Å². The number of hydrogen-bond donors (Lipinski definition) is 1. The van der Waals surface area contributed by atoms with Gasteiger partial charge in [0.15, 0.2) is 0 Å². The van der Waals surface area contributed by atoms with Crippen molar-refractivity contribution in [3.8, 4) is 0 Å². The summed E-state index contributed by atoms with van der Waals surface area (Å²) in [6.07, 6.45) is 1.86. The molecular formula is C11H18N2O4S. The second-order valence-corrected chi connectivity index (χ2v) is 6.32. The summed E-state index contributed by atoms with van der Waals surface area (Å²) in [7, 11) is -2.06. The van der Waals surface area contributed by atoms with Gasteiger partial charge in [-0.1, -0.05) is 0 Å². The number of rotatable bonds is 5. The normalized spacial score (nSPS) is 20.7. The summed E-state index contributed by atoms with van der Waals surface area (Å²) in [6, 6.07) is 3.01. The molecule has 1 saturated heterocycles. The van der Waals surface area contributed by atoms with Crippen LogP contribution in [0.15, 0.2) is 21.6 Å². The highest BCUT2D eigenvalue weighted by Crippen LogP contribution is 2.20. The molecule has 0 amide bonds. The molecule has 18 heavy (non-hydrogen) atoms. The van der Waals surface area contributed by atoms with Crippen LogP contribution in [0.4, 0.5) is 0 Å². The molecule has 0 spiro atoms. The first kappa shape index (κ1) is 13.5. The van der Waals surface area contributed by atoms with Crippen LogP contribution in [0, 0.1) is 0 Å². The van der Waals surface area contributed by atoms with Crippen LogP contribution < -0.4 is 5.73 Å². The Morgan fingerprint density at radius 2 is 2.28 bits per heavy atom. The minimum Gasteiger partial charge on any atom is -0.447 e. The van der Waals surface area contributed by atoms with E-state index in [0.29, 0.717) is 18.9 Å². The zero-order chi connectivity index (χ0) is 13.2. The summed E-state index contributed by atoms with van der Waals surface area (Å²) in [4.78, 5) is 0. The maximum Gasteiger partial charge on any atom is 0.276 e. The number of furan rings is 1. The highest BCUT2D eigenvalue weighted by molar-refractivity contribution is 7.89. The lowest BCUT2D eigenvalue weighted by Gasteiger charge is -2.19. The maximum atomic E-state index is 12.2. The van der Waals surface area contributed by atoms with Gasteiger partial charge in [-0.3, -0.25) is 0 Å². The molecule has 1 atom stereocenters. The van der Waals surface area contributed by atoms with Crippen LogP contribution in [0.5, 0.6) is 0 Å². The summed E-state index contributed by atoms with van der Waals surface area (Å²) >= 11 is 0. The molecular weight excluding hydrogens is 256 g/mol. The molecule has 1 aliphatic rings. The molecule has 0 aromatic carbocycles.